The van der Waals surface area contributed by atoms with Crippen LogP contribution >= 0.6 is 23.9 Å². The molecule has 23 heavy (non-hydrogen) atoms. The third-order valence-corrected chi connectivity index (χ3v) is 6.84. The molecule has 1 amide bonds. The Balaban J connectivity index is 1.35. The normalized spacial score (nSPS) is 29.8. The zero-order valence-electron chi connectivity index (χ0n) is 13.0. The summed E-state index contributed by atoms with van der Waals surface area (Å²) in [5, 5.41) is 5.35. The van der Waals surface area contributed by atoms with Crippen LogP contribution in [0.4, 0.5) is 0 Å². The summed E-state index contributed by atoms with van der Waals surface area (Å²) in [6.07, 6.45) is 4.59. The number of hydrogen-bond donors (Lipinski definition) is 1. The zero-order valence-corrected chi connectivity index (χ0v) is 14.6. The number of fused-ring (bicyclic) bond motifs is 3. The number of hydrogen-bond acceptors (Lipinski definition) is 5. The lowest BCUT2D eigenvalue weighted by molar-refractivity contribution is 0.0620. The van der Waals surface area contributed by atoms with Crippen molar-refractivity contribution < 1.29 is 4.79 Å². The van der Waals surface area contributed by atoms with Gasteiger partial charge in [0.25, 0.3) is 5.91 Å². The van der Waals surface area contributed by atoms with E-state index in [9.17, 15) is 4.79 Å². The Morgan fingerprint density at radius 2 is 2.00 bits per heavy atom. The fraction of sp³-hybridized carbons (Fsp3) is 0.471. The Morgan fingerprint density at radius 1 is 1.22 bits per heavy atom. The van der Waals surface area contributed by atoms with Gasteiger partial charge in [-0.25, -0.2) is 0 Å². The summed E-state index contributed by atoms with van der Waals surface area (Å²) in [6.45, 7) is 4.37. The van der Waals surface area contributed by atoms with Crippen LogP contribution in [0.15, 0.2) is 40.6 Å². The van der Waals surface area contributed by atoms with E-state index in [0.29, 0.717) is 12.0 Å². The molecule has 3 fully saturated rings. The van der Waals surface area contributed by atoms with E-state index in [4.69, 9.17) is 0 Å². The van der Waals surface area contributed by atoms with Gasteiger partial charge in [0.05, 0.1) is 0 Å². The molecule has 6 heteroatoms. The van der Waals surface area contributed by atoms with E-state index in [1.54, 1.807) is 23.9 Å². The molecule has 0 aromatic heterocycles. The molecule has 1 aromatic rings. The molecule has 122 valence electrons. The van der Waals surface area contributed by atoms with Crippen LogP contribution < -0.4 is 5.32 Å². The summed E-state index contributed by atoms with van der Waals surface area (Å²) in [5.41, 5.74) is 0.762. The van der Waals surface area contributed by atoms with Crippen molar-refractivity contribution in [1.29, 1.82) is 0 Å². The average molecular weight is 348 g/mol. The van der Waals surface area contributed by atoms with Gasteiger partial charge in [-0.05, 0) is 85.4 Å². The number of carbonyl (C=O) groups is 1. The van der Waals surface area contributed by atoms with E-state index < -0.39 is 0 Å². The van der Waals surface area contributed by atoms with Crippen LogP contribution in [-0.2, 0) is 0 Å². The Hall–Kier alpha value is -0.950. The van der Waals surface area contributed by atoms with E-state index >= 15 is 0 Å². The van der Waals surface area contributed by atoms with E-state index in [1.165, 1.54) is 30.8 Å². The van der Waals surface area contributed by atoms with Gasteiger partial charge in [0.2, 0.25) is 0 Å². The number of carbonyl (C=O) groups excluding carboxylic acids is 1. The summed E-state index contributed by atoms with van der Waals surface area (Å²) in [6, 6.07) is 8.27. The molecule has 0 saturated carbocycles. The molecule has 1 N–H and O–H groups in total. The molecule has 0 unspecified atom stereocenters. The monoisotopic (exact) mass is 347 g/mol. The van der Waals surface area contributed by atoms with Crippen LogP contribution in [0.5, 0.6) is 0 Å². The van der Waals surface area contributed by atoms with Gasteiger partial charge in [-0.3, -0.25) is 4.79 Å². The van der Waals surface area contributed by atoms with Crippen molar-refractivity contribution in [2.45, 2.75) is 23.8 Å². The highest BCUT2D eigenvalue weighted by Gasteiger charge is 2.34. The van der Waals surface area contributed by atoms with Gasteiger partial charge in [0.1, 0.15) is 0 Å². The molecule has 0 radical (unpaired) electrons. The summed E-state index contributed by atoms with van der Waals surface area (Å²) in [7, 11) is 0. The first kappa shape index (κ1) is 15.6. The fourth-order valence-corrected chi connectivity index (χ4v) is 5.22. The molecule has 4 aliphatic heterocycles. The Morgan fingerprint density at radius 3 is 2.61 bits per heavy atom. The minimum absolute atomic E-state index is 0.0671. The predicted molar refractivity (Wildman–Crippen MR) is 96.2 cm³/mol. The van der Waals surface area contributed by atoms with E-state index in [1.807, 2.05) is 24.3 Å². The number of amides is 1. The van der Waals surface area contributed by atoms with Crippen molar-refractivity contribution in [3.8, 4) is 0 Å². The molecule has 0 aliphatic carbocycles. The maximum Gasteiger partial charge on any atom is 0.251 e. The molecule has 4 nitrogen and oxygen atoms in total. The molecule has 5 rings (SSSR count). The molecule has 0 spiro atoms. The molecule has 3 saturated heterocycles. The minimum atomic E-state index is 0.0671. The van der Waals surface area contributed by atoms with Crippen molar-refractivity contribution in [2.75, 3.05) is 26.2 Å². The van der Waals surface area contributed by atoms with Crippen molar-refractivity contribution in [1.82, 2.24) is 13.9 Å². The van der Waals surface area contributed by atoms with E-state index in [-0.39, 0.29) is 5.91 Å². The lowest BCUT2D eigenvalue weighted by atomic mass is 9.84. The second-order valence-electron chi connectivity index (χ2n) is 6.33. The number of piperidine rings is 3. The van der Waals surface area contributed by atoms with E-state index in [2.05, 4.69) is 25.4 Å². The van der Waals surface area contributed by atoms with Gasteiger partial charge in [-0.1, -0.05) is 6.08 Å². The number of benzene rings is 1. The standard InChI is InChI=1S/C17H21N3OS2/c21-17(18-16-12-19-9-6-13(16)7-10-19)14-2-4-15(5-3-14)23-20-8-1-11-22-20/h1-5,11,13,16H,6-10,12H2,(H,18,21)/t16-/m0/s1. The molecule has 4 heterocycles. The molecule has 4 aliphatic rings. The maximum atomic E-state index is 12.5. The topological polar surface area (TPSA) is 35.6 Å². The van der Waals surface area contributed by atoms with Crippen molar-refractivity contribution in [3.05, 3.63) is 41.3 Å². The first-order chi connectivity index (χ1) is 11.3. The molecule has 1 aromatic carbocycles. The van der Waals surface area contributed by atoms with Crippen molar-refractivity contribution in [2.24, 2.45) is 5.92 Å². The predicted octanol–water partition coefficient (Wildman–Crippen LogP) is 3.00. The van der Waals surface area contributed by atoms with Crippen LogP contribution in [0.3, 0.4) is 0 Å². The summed E-state index contributed by atoms with van der Waals surface area (Å²) in [4.78, 5) is 16.1. The number of nitrogens with one attached hydrogen (secondary N) is 1. The highest BCUT2D eigenvalue weighted by molar-refractivity contribution is 8.13. The quantitative estimate of drug-likeness (QED) is 0.847. The van der Waals surface area contributed by atoms with Gasteiger partial charge in [0, 0.05) is 29.6 Å². The summed E-state index contributed by atoms with van der Waals surface area (Å²) < 4.78 is 2.21. The van der Waals surface area contributed by atoms with Crippen LogP contribution in [0.2, 0.25) is 0 Å². The highest BCUT2D eigenvalue weighted by atomic mass is 32.2. The second kappa shape index (κ2) is 6.89. The molecular formula is C17H21N3OS2. The Kier molecular flexibility index (Phi) is 4.66. The van der Waals surface area contributed by atoms with Gasteiger partial charge in [-0.15, -0.1) is 0 Å². The number of rotatable bonds is 4. The Labute approximate surface area is 145 Å². The third kappa shape index (κ3) is 3.60. The van der Waals surface area contributed by atoms with E-state index in [0.717, 1.165) is 18.7 Å². The lowest BCUT2D eigenvalue weighted by Gasteiger charge is -2.44. The minimum Gasteiger partial charge on any atom is -0.348 e. The maximum absolute atomic E-state index is 12.5. The second-order valence-corrected chi connectivity index (χ2v) is 8.58. The molecular weight excluding hydrogens is 326 g/mol. The van der Waals surface area contributed by atoms with Gasteiger partial charge < -0.3 is 10.2 Å². The zero-order chi connectivity index (χ0) is 15.6. The summed E-state index contributed by atoms with van der Waals surface area (Å²) >= 11 is 3.42. The average Bonchev–Trinajstić information content (AvgIpc) is 3.09. The first-order valence-electron chi connectivity index (χ1n) is 8.18. The Bertz CT molecular complexity index is 588. The number of nitrogens with zero attached hydrogens (tertiary/aromatic N) is 2. The van der Waals surface area contributed by atoms with Crippen LogP contribution in [0.1, 0.15) is 23.2 Å². The van der Waals surface area contributed by atoms with Crippen LogP contribution in [0, 0.1) is 5.92 Å². The largest absolute Gasteiger partial charge is 0.348 e. The fourth-order valence-electron chi connectivity index (χ4n) is 3.51. The van der Waals surface area contributed by atoms with Crippen LogP contribution in [-0.4, -0.2) is 46.7 Å². The SMILES string of the molecule is O=C(N[C@H]1CN2CCC1CC2)c1ccc(SN2CC=CS2)cc1. The van der Waals surface area contributed by atoms with Gasteiger partial charge in [0.15, 0.2) is 0 Å². The van der Waals surface area contributed by atoms with Gasteiger partial charge >= 0.3 is 0 Å². The van der Waals surface area contributed by atoms with Gasteiger partial charge in [-0.2, -0.15) is 3.71 Å². The van der Waals surface area contributed by atoms with Crippen LogP contribution in [0.25, 0.3) is 0 Å². The summed E-state index contributed by atoms with van der Waals surface area (Å²) in [5.74, 6) is 0.732. The molecule has 2 bridgehead atoms. The smallest absolute Gasteiger partial charge is 0.251 e. The van der Waals surface area contributed by atoms with Crippen molar-refractivity contribution in [3.63, 3.8) is 0 Å². The first-order valence-corrected chi connectivity index (χ1v) is 9.79. The van der Waals surface area contributed by atoms with Crippen molar-refractivity contribution >= 4 is 29.8 Å². The molecule has 1 atom stereocenters. The lowest BCUT2D eigenvalue weighted by Crippen LogP contribution is -2.57. The highest BCUT2D eigenvalue weighted by Crippen LogP contribution is 2.33. The third-order valence-electron chi connectivity index (χ3n) is 4.83.